The van der Waals surface area contributed by atoms with Crippen molar-refractivity contribution in [2.75, 3.05) is 38.6 Å². The van der Waals surface area contributed by atoms with Crippen LogP contribution >= 0.6 is 11.6 Å². The van der Waals surface area contributed by atoms with Gasteiger partial charge in [0.1, 0.15) is 11.6 Å². The highest BCUT2D eigenvalue weighted by Crippen LogP contribution is 2.41. The van der Waals surface area contributed by atoms with E-state index in [1.165, 1.54) is 13.3 Å². The predicted molar refractivity (Wildman–Crippen MR) is 140 cm³/mol. The molecule has 1 aliphatic heterocycles. The minimum atomic E-state index is -1.27. The van der Waals surface area contributed by atoms with Gasteiger partial charge in [-0.05, 0) is 57.0 Å². The Labute approximate surface area is 228 Å². The number of amides is 1. The Morgan fingerprint density at radius 2 is 1.97 bits per heavy atom. The lowest BCUT2D eigenvalue weighted by atomic mass is 9.73. The summed E-state index contributed by atoms with van der Waals surface area (Å²) in [5.41, 5.74) is 1.72. The largest absolute Gasteiger partial charge is 0.497 e. The first-order valence-electron chi connectivity index (χ1n) is 12.5. The van der Waals surface area contributed by atoms with Gasteiger partial charge in [-0.2, -0.15) is 0 Å². The van der Waals surface area contributed by atoms with E-state index in [9.17, 15) is 28.3 Å². The Bertz CT molecular complexity index is 1340. The van der Waals surface area contributed by atoms with Crippen LogP contribution in [0.5, 0.6) is 5.75 Å². The topological polar surface area (TPSA) is 107 Å². The van der Waals surface area contributed by atoms with E-state index in [1.54, 1.807) is 23.7 Å². The molecule has 1 aliphatic rings. The summed E-state index contributed by atoms with van der Waals surface area (Å²) in [5.74, 6) is -3.23. The fraction of sp³-hybridized carbons (Fsp3) is 0.407. The Morgan fingerprint density at radius 3 is 2.67 bits per heavy atom. The average molecular weight is 567 g/mol. The van der Waals surface area contributed by atoms with Crippen molar-refractivity contribution in [1.29, 1.82) is 0 Å². The number of likely N-dealkylation sites (tertiary alicyclic amines) is 1. The van der Waals surface area contributed by atoms with Crippen molar-refractivity contribution < 1.29 is 33.0 Å². The van der Waals surface area contributed by atoms with Crippen molar-refractivity contribution in [1.82, 2.24) is 15.4 Å². The number of aliphatic hydroxyl groups is 1. The lowest BCUT2D eigenvalue weighted by Crippen LogP contribution is -2.49. The molecule has 4 N–H and O–H groups in total. The third kappa shape index (κ3) is 6.38. The van der Waals surface area contributed by atoms with Crippen LogP contribution in [0.2, 0.25) is 5.02 Å². The van der Waals surface area contributed by atoms with E-state index in [4.69, 9.17) is 16.3 Å². The molecule has 1 saturated heterocycles. The quantitative estimate of drug-likeness (QED) is 0.158. The third-order valence-electron chi connectivity index (χ3n) is 7.43. The smallest absolute Gasteiger partial charge is 0.249 e. The van der Waals surface area contributed by atoms with E-state index in [2.05, 4.69) is 10.3 Å². The second-order valence-electron chi connectivity index (χ2n) is 9.70. The third-order valence-corrected chi connectivity index (χ3v) is 7.73. The average Bonchev–Trinajstić information content (AvgIpc) is 2.94. The van der Waals surface area contributed by atoms with E-state index < -0.39 is 34.9 Å². The van der Waals surface area contributed by atoms with E-state index >= 15 is 0 Å². The summed E-state index contributed by atoms with van der Waals surface area (Å²) in [6.07, 6.45) is 1.76. The molecule has 0 aliphatic carbocycles. The molecule has 0 saturated carbocycles. The highest BCUT2D eigenvalue weighted by atomic mass is 35.5. The Kier molecular flexibility index (Phi) is 9.16. The molecule has 4 rings (SSSR count). The summed E-state index contributed by atoms with van der Waals surface area (Å²) in [6.45, 7) is 1.65. The Hall–Kier alpha value is -3.12. The van der Waals surface area contributed by atoms with Crippen molar-refractivity contribution in [3.05, 3.63) is 64.6 Å². The van der Waals surface area contributed by atoms with Gasteiger partial charge in [0.2, 0.25) is 5.91 Å². The number of methoxy groups -OCH3 is 1. The van der Waals surface area contributed by atoms with Gasteiger partial charge < -0.3 is 20.1 Å². The number of carbonyl (C=O) groups is 1. The number of nitrogens with zero attached hydrogens (tertiary/aromatic N) is 2. The number of carbonyl (C=O) groups excluding carboxylic acids is 1. The summed E-state index contributed by atoms with van der Waals surface area (Å²) in [4.78, 5) is 19.1. The molecule has 2 heterocycles. The Balaban J connectivity index is 1.40. The molecule has 1 atom stereocenters. The fourth-order valence-corrected chi connectivity index (χ4v) is 5.41. The minimum Gasteiger partial charge on any atom is -0.497 e. The standard InChI is InChI=1S/C27H30ClF3N4O4/c1-39-17-2-3-21-18(14-17)24(19(28)15-33-21)23(36)4-5-27(26(37)34-38)6-9-35(10-7-27)11-8-32-22-13-16(29)12-20(30)25(22)31/h2-3,12-15,23,32,36,38H,4-11H2,1H3,(H,34,37). The van der Waals surface area contributed by atoms with Gasteiger partial charge in [-0.25, -0.2) is 18.7 Å². The first-order chi connectivity index (χ1) is 18.7. The second-order valence-corrected chi connectivity index (χ2v) is 10.1. The molecule has 0 radical (unpaired) electrons. The van der Waals surface area contributed by atoms with Crippen LogP contribution in [0.15, 0.2) is 36.5 Å². The second kappa shape index (κ2) is 12.4. The predicted octanol–water partition coefficient (Wildman–Crippen LogP) is 4.83. The summed E-state index contributed by atoms with van der Waals surface area (Å²) in [5, 5.41) is 24.3. The number of fused-ring (bicyclic) bond motifs is 1. The zero-order chi connectivity index (χ0) is 28.2. The number of nitrogens with one attached hydrogen (secondary N) is 2. The summed E-state index contributed by atoms with van der Waals surface area (Å²) in [7, 11) is 1.54. The van der Waals surface area contributed by atoms with Crippen LogP contribution in [0.4, 0.5) is 18.9 Å². The molecule has 39 heavy (non-hydrogen) atoms. The number of halogens is 4. The normalized spacial score (nSPS) is 16.2. The number of rotatable bonds is 10. The van der Waals surface area contributed by atoms with Gasteiger partial charge >= 0.3 is 0 Å². The number of ether oxygens (including phenoxy) is 1. The van der Waals surface area contributed by atoms with Gasteiger partial charge in [0, 0.05) is 42.4 Å². The van der Waals surface area contributed by atoms with Crippen LogP contribution in [0.25, 0.3) is 10.9 Å². The number of anilines is 1. The molecule has 1 aromatic heterocycles. The minimum absolute atomic E-state index is 0.204. The van der Waals surface area contributed by atoms with Crippen molar-refractivity contribution in [2.45, 2.75) is 31.8 Å². The zero-order valence-corrected chi connectivity index (χ0v) is 22.1. The maximum absolute atomic E-state index is 13.9. The number of hydrogen-bond acceptors (Lipinski definition) is 7. The van der Waals surface area contributed by atoms with Crippen LogP contribution < -0.4 is 15.5 Å². The fourth-order valence-electron chi connectivity index (χ4n) is 5.14. The highest BCUT2D eigenvalue weighted by molar-refractivity contribution is 6.32. The van der Waals surface area contributed by atoms with E-state index in [0.717, 1.165) is 6.07 Å². The molecule has 1 fully saturated rings. The molecule has 210 valence electrons. The highest BCUT2D eigenvalue weighted by Gasteiger charge is 2.41. The van der Waals surface area contributed by atoms with Crippen LogP contribution in [0.1, 0.15) is 37.4 Å². The molecular weight excluding hydrogens is 537 g/mol. The van der Waals surface area contributed by atoms with Crippen molar-refractivity contribution in [3.8, 4) is 5.75 Å². The van der Waals surface area contributed by atoms with Crippen LogP contribution in [-0.2, 0) is 4.79 Å². The number of piperidine rings is 1. The first kappa shape index (κ1) is 28.9. The lowest BCUT2D eigenvalue weighted by Gasteiger charge is -2.40. The van der Waals surface area contributed by atoms with Gasteiger partial charge in [-0.1, -0.05) is 11.6 Å². The number of aromatic nitrogens is 1. The summed E-state index contributed by atoms with van der Waals surface area (Å²) < 4.78 is 46.0. The molecule has 8 nitrogen and oxygen atoms in total. The van der Waals surface area contributed by atoms with E-state index in [-0.39, 0.29) is 25.1 Å². The molecule has 0 bridgehead atoms. The van der Waals surface area contributed by atoms with Gasteiger partial charge in [0.25, 0.3) is 0 Å². The maximum Gasteiger partial charge on any atom is 0.249 e. The summed E-state index contributed by atoms with van der Waals surface area (Å²) >= 11 is 6.42. The van der Waals surface area contributed by atoms with Crippen LogP contribution in [-0.4, -0.2) is 59.4 Å². The van der Waals surface area contributed by atoms with Crippen molar-refractivity contribution in [3.63, 3.8) is 0 Å². The lowest BCUT2D eigenvalue weighted by molar-refractivity contribution is -0.143. The van der Waals surface area contributed by atoms with E-state index in [0.29, 0.717) is 65.8 Å². The first-order valence-corrected chi connectivity index (χ1v) is 12.9. The molecule has 1 unspecified atom stereocenters. The number of aliphatic hydroxyl groups excluding tert-OH is 1. The van der Waals surface area contributed by atoms with Crippen LogP contribution in [0, 0.1) is 22.9 Å². The number of benzene rings is 2. The van der Waals surface area contributed by atoms with E-state index in [1.807, 2.05) is 4.90 Å². The SMILES string of the molecule is COc1ccc2ncc(Cl)c(C(O)CCC3(C(=O)NO)CCN(CCNc4cc(F)cc(F)c4F)CC3)c2c1. The molecular formula is C27H30ClF3N4O4. The Morgan fingerprint density at radius 1 is 1.23 bits per heavy atom. The van der Waals surface area contributed by atoms with Crippen LogP contribution in [0.3, 0.4) is 0 Å². The van der Waals surface area contributed by atoms with Gasteiger partial charge in [0.15, 0.2) is 11.6 Å². The zero-order valence-electron chi connectivity index (χ0n) is 21.3. The van der Waals surface area contributed by atoms with Gasteiger partial charge in [-0.3, -0.25) is 15.0 Å². The maximum atomic E-state index is 13.9. The van der Waals surface area contributed by atoms with Gasteiger partial charge in [-0.15, -0.1) is 0 Å². The number of pyridine rings is 1. The summed E-state index contributed by atoms with van der Waals surface area (Å²) in [6, 6.07) is 6.65. The van der Waals surface area contributed by atoms with Crippen molar-refractivity contribution >= 4 is 34.1 Å². The van der Waals surface area contributed by atoms with Gasteiger partial charge in [0.05, 0.1) is 34.9 Å². The van der Waals surface area contributed by atoms with Crippen molar-refractivity contribution in [2.24, 2.45) is 5.41 Å². The molecule has 2 aromatic carbocycles. The number of hydrogen-bond donors (Lipinski definition) is 4. The molecule has 0 spiro atoms. The number of hydroxylamine groups is 1. The molecule has 12 heteroatoms. The molecule has 3 aromatic rings. The monoisotopic (exact) mass is 566 g/mol. The molecule has 1 amide bonds.